The van der Waals surface area contributed by atoms with Crippen LogP contribution in [0.3, 0.4) is 0 Å². The van der Waals surface area contributed by atoms with Gasteiger partial charge < -0.3 is 10.4 Å². The fourth-order valence-electron chi connectivity index (χ4n) is 3.36. The van der Waals surface area contributed by atoms with Gasteiger partial charge in [0.05, 0.1) is 16.7 Å². The molecule has 1 aliphatic rings. The number of nitrogens with zero attached hydrogens (tertiary/aromatic N) is 3. The molecule has 2 aromatic heterocycles. The Morgan fingerprint density at radius 1 is 1.39 bits per heavy atom. The average molecular weight is 398 g/mol. The Morgan fingerprint density at radius 3 is 2.57 bits per heavy atom. The van der Waals surface area contributed by atoms with Crippen molar-refractivity contribution in [3.05, 3.63) is 33.9 Å². The zero-order valence-electron chi connectivity index (χ0n) is 15.7. The molecule has 0 aromatic carbocycles. The number of carbonyl (C=O) groups is 1. The lowest BCUT2D eigenvalue weighted by atomic mass is 9.77. The topological polar surface area (TPSA) is 97.1 Å². The molecule has 1 fully saturated rings. The van der Waals surface area contributed by atoms with Crippen LogP contribution in [-0.2, 0) is 17.5 Å². The molecule has 0 radical (unpaired) electrons. The van der Waals surface area contributed by atoms with Gasteiger partial charge in [-0.1, -0.05) is 13.8 Å². The van der Waals surface area contributed by atoms with Crippen molar-refractivity contribution in [2.45, 2.75) is 63.9 Å². The van der Waals surface area contributed by atoms with Gasteiger partial charge in [-0.3, -0.25) is 9.59 Å². The van der Waals surface area contributed by atoms with Crippen LogP contribution >= 0.6 is 0 Å². The normalized spacial score (nSPS) is 22.4. The first kappa shape index (κ1) is 20.2. The summed E-state index contributed by atoms with van der Waals surface area (Å²) in [5, 5.41) is 16.5. The molecule has 0 saturated heterocycles. The highest BCUT2D eigenvalue weighted by Gasteiger charge is 2.39. The van der Waals surface area contributed by atoms with E-state index in [1.54, 1.807) is 20.8 Å². The molecular weight excluding hydrogens is 377 g/mol. The van der Waals surface area contributed by atoms with Gasteiger partial charge in [0.2, 0.25) is 5.91 Å². The summed E-state index contributed by atoms with van der Waals surface area (Å²) in [6.07, 6.45) is -3.80. The quantitative estimate of drug-likeness (QED) is 0.821. The van der Waals surface area contributed by atoms with Gasteiger partial charge in [-0.25, -0.2) is 9.67 Å². The Hall–Kier alpha value is -2.49. The van der Waals surface area contributed by atoms with Crippen LogP contribution in [0.1, 0.15) is 50.9 Å². The Kier molecular flexibility index (Phi) is 4.95. The van der Waals surface area contributed by atoms with Crippen LogP contribution in [0.25, 0.3) is 10.9 Å². The van der Waals surface area contributed by atoms with Crippen LogP contribution in [0.5, 0.6) is 0 Å². The van der Waals surface area contributed by atoms with Crippen LogP contribution in [0.2, 0.25) is 0 Å². The summed E-state index contributed by atoms with van der Waals surface area (Å²) < 4.78 is 39.9. The monoisotopic (exact) mass is 398 g/mol. The molecule has 0 bridgehead atoms. The number of fused-ring (bicyclic) bond motifs is 1. The van der Waals surface area contributed by atoms with Crippen molar-refractivity contribution < 1.29 is 23.1 Å². The van der Waals surface area contributed by atoms with Gasteiger partial charge in [0.1, 0.15) is 17.8 Å². The van der Waals surface area contributed by atoms with E-state index < -0.39 is 28.9 Å². The van der Waals surface area contributed by atoms with E-state index in [2.05, 4.69) is 15.4 Å². The van der Waals surface area contributed by atoms with Crippen molar-refractivity contribution in [2.24, 2.45) is 0 Å². The summed E-state index contributed by atoms with van der Waals surface area (Å²) in [5.74, 6) is -0.765. The zero-order valence-corrected chi connectivity index (χ0v) is 15.7. The number of nitrogens with one attached hydrogen (secondary N) is 1. The molecule has 0 atom stereocenters. The molecular formula is C18H21F3N4O3. The number of aliphatic hydroxyl groups is 1. The zero-order chi connectivity index (χ0) is 20.9. The van der Waals surface area contributed by atoms with E-state index in [4.69, 9.17) is 0 Å². The van der Waals surface area contributed by atoms with Gasteiger partial charge in [-0.15, -0.1) is 0 Å². The van der Waals surface area contributed by atoms with Crippen LogP contribution in [0.15, 0.2) is 16.9 Å². The number of rotatable bonds is 4. The first-order valence-electron chi connectivity index (χ1n) is 8.88. The molecule has 152 valence electrons. The van der Waals surface area contributed by atoms with Gasteiger partial charge in [0, 0.05) is 6.04 Å². The smallest absolute Gasteiger partial charge is 0.390 e. The van der Waals surface area contributed by atoms with Gasteiger partial charge in [0.25, 0.3) is 5.56 Å². The van der Waals surface area contributed by atoms with E-state index in [9.17, 15) is 27.9 Å². The Balaban J connectivity index is 1.94. The predicted molar refractivity (Wildman–Crippen MR) is 94.7 cm³/mol. The van der Waals surface area contributed by atoms with E-state index >= 15 is 0 Å². The van der Waals surface area contributed by atoms with E-state index in [0.29, 0.717) is 12.8 Å². The molecule has 0 spiro atoms. The van der Waals surface area contributed by atoms with Crippen LogP contribution in [-0.4, -0.2) is 37.4 Å². The highest BCUT2D eigenvalue weighted by Crippen LogP contribution is 2.31. The number of pyridine rings is 1. The number of aromatic nitrogens is 3. The van der Waals surface area contributed by atoms with Gasteiger partial charge in [0.15, 0.2) is 0 Å². The number of hydrogen-bond donors (Lipinski definition) is 2. The van der Waals surface area contributed by atoms with E-state index in [0.717, 1.165) is 16.8 Å². The minimum atomic E-state index is -4.64. The van der Waals surface area contributed by atoms with Crippen LogP contribution < -0.4 is 10.9 Å². The number of alkyl halides is 3. The summed E-state index contributed by atoms with van der Waals surface area (Å²) in [6, 6.07) is 1.63. The first-order chi connectivity index (χ1) is 12.9. The molecule has 1 saturated carbocycles. The minimum Gasteiger partial charge on any atom is -0.390 e. The second-order valence-corrected chi connectivity index (χ2v) is 7.76. The fraction of sp³-hybridized carbons (Fsp3) is 0.556. The molecule has 1 amide bonds. The highest BCUT2D eigenvalue weighted by atomic mass is 19.4. The van der Waals surface area contributed by atoms with Gasteiger partial charge in [-0.05, 0) is 37.8 Å². The Bertz CT molecular complexity index is 974. The predicted octanol–water partition coefficient (Wildman–Crippen LogP) is 1.96. The lowest BCUT2D eigenvalue weighted by Crippen LogP contribution is -2.54. The van der Waals surface area contributed by atoms with Crippen molar-refractivity contribution in [1.29, 1.82) is 0 Å². The SMILES string of the molecule is CC(C)c1nn(CC(=O)N[C@H]2C[C@@](C)(O)C2)c(=O)c2ccc(C(F)(F)F)nc12. The highest BCUT2D eigenvalue weighted by molar-refractivity contribution is 5.81. The van der Waals surface area contributed by atoms with Crippen molar-refractivity contribution in [3.63, 3.8) is 0 Å². The summed E-state index contributed by atoms with van der Waals surface area (Å²) in [7, 11) is 0. The number of amides is 1. The standard InChI is InChI=1S/C18H21F3N4O3/c1-9(2)14-15-11(4-5-12(23-15)18(19,20)21)16(27)25(24-14)8-13(26)22-10-6-17(3,28)7-10/h4-5,9-10,28H,6-8H2,1-3H3,(H,22,26)/t10-,17+. The lowest BCUT2D eigenvalue weighted by molar-refractivity contribution is -0.141. The minimum absolute atomic E-state index is 0.0222. The molecule has 2 aromatic rings. The molecule has 0 unspecified atom stereocenters. The maximum absolute atomic E-state index is 13.0. The van der Waals surface area contributed by atoms with E-state index in [-0.39, 0.29) is 35.1 Å². The molecule has 1 aliphatic carbocycles. The Labute approximate surface area is 158 Å². The second-order valence-electron chi connectivity index (χ2n) is 7.76. The summed E-state index contributed by atoms with van der Waals surface area (Å²) in [6.45, 7) is 4.74. The number of halogens is 3. The lowest BCUT2D eigenvalue weighted by Gasteiger charge is -2.41. The number of hydrogen-bond acceptors (Lipinski definition) is 5. The molecule has 0 aliphatic heterocycles. The molecule has 28 heavy (non-hydrogen) atoms. The molecule has 2 heterocycles. The van der Waals surface area contributed by atoms with Crippen molar-refractivity contribution in [1.82, 2.24) is 20.1 Å². The van der Waals surface area contributed by atoms with Gasteiger partial charge in [-0.2, -0.15) is 18.3 Å². The third-order valence-corrected chi connectivity index (χ3v) is 4.70. The largest absolute Gasteiger partial charge is 0.433 e. The third-order valence-electron chi connectivity index (χ3n) is 4.70. The van der Waals surface area contributed by atoms with Crippen LogP contribution in [0, 0.1) is 0 Å². The summed E-state index contributed by atoms with van der Waals surface area (Å²) in [5.41, 5.74) is -2.49. The fourth-order valence-corrected chi connectivity index (χ4v) is 3.36. The number of carbonyl (C=O) groups excluding carboxylic acids is 1. The van der Waals surface area contributed by atoms with E-state index in [1.807, 2.05) is 0 Å². The van der Waals surface area contributed by atoms with Crippen molar-refractivity contribution >= 4 is 16.8 Å². The second kappa shape index (κ2) is 6.84. The Morgan fingerprint density at radius 2 is 2.04 bits per heavy atom. The molecule has 2 N–H and O–H groups in total. The molecule has 10 heteroatoms. The van der Waals surface area contributed by atoms with Gasteiger partial charge >= 0.3 is 6.18 Å². The average Bonchev–Trinajstić information content (AvgIpc) is 2.54. The summed E-state index contributed by atoms with van der Waals surface area (Å²) in [4.78, 5) is 28.5. The van der Waals surface area contributed by atoms with Crippen molar-refractivity contribution in [3.8, 4) is 0 Å². The molecule has 7 nitrogen and oxygen atoms in total. The maximum atomic E-state index is 13.0. The first-order valence-corrected chi connectivity index (χ1v) is 8.88. The third kappa shape index (κ3) is 4.01. The van der Waals surface area contributed by atoms with E-state index in [1.165, 1.54) is 0 Å². The molecule has 3 rings (SSSR count). The maximum Gasteiger partial charge on any atom is 0.433 e. The summed E-state index contributed by atoms with van der Waals surface area (Å²) >= 11 is 0. The van der Waals surface area contributed by atoms with Crippen LogP contribution in [0.4, 0.5) is 13.2 Å². The van der Waals surface area contributed by atoms with Crippen molar-refractivity contribution in [2.75, 3.05) is 0 Å².